The maximum Gasteiger partial charge on any atom is 0.188 e. The number of hydrogen-bond acceptors (Lipinski definition) is 2. The Bertz CT molecular complexity index is 667. The van der Waals surface area contributed by atoms with Crippen molar-refractivity contribution >= 4 is 29.9 Å². The van der Waals surface area contributed by atoms with Gasteiger partial charge in [0, 0.05) is 31.4 Å². The number of rotatable bonds is 7. The van der Waals surface area contributed by atoms with Gasteiger partial charge in [0.15, 0.2) is 5.96 Å². The molecule has 0 radical (unpaired) electrons. The minimum Gasteiger partial charge on any atom is -0.370 e. The summed E-state index contributed by atoms with van der Waals surface area (Å²) in [4.78, 5) is 8.99. The number of aliphatic imine (C=N–C) groups is 1. The third kappa shape index (κ3) is 6.27. The smallest absolute Gasteiger partial charge is 0.188 e. The maximum atomic E-state index is 6.09. The van der Waals surface area contributed by atoms with Crippen molar-refractivity contribution in [2.24, 2.45) is 16.1 Å². The number of guanidine groups is 1. The quantitative estimate of drug-likeness (QED) is 0.371. The van der Waals surface area contributed by atoms with Gasteiger partial charge in [-0.05, 0) is 42.4 Å². The minimum absolute atomic E-state index is 0. The summed E-state index contributed by atoms with van der Waals surface area (Å²) in [6.45, 7) is 1.57. The summed E-state index contributed by atoms with van der Waals surface area (Å²) >= 11 is 0. The van der Waals surface area contributed by atoms with Crippen molar-refractivity contribution in [1.82, 2.24) is 10.3 Å². The van der Waals surface area contributed by atoms with E-state index in [1.54, 1.807) is 0 Å². The van der Waals surface area contributed by atoms with E-state index in [-0.39, 0.29) is 29.4 Å². The summed E-state index contributed by atoms with van der Waals surface area (Å²) in [6.07, 6.45) is 8.86. The molecule has 0 aliphatic heterocycles. The number of benzene rings is 1. The molecule has 4 nitrogen and oxygen atoms in total. The molecule has 0 unspecified atom stereocenters. The fourth-order valence-electron chi connectivity index (χ4n) is 3.72. The third-order valence-electron chi connectivity index (χ3n) is 5.08. The zero-order valence-corrected chi connectivity index (χ0v) is 17.6. The molecule has 1 aromatic carbocycles. The number of halogens is 1. The van der Waals surface area contributed by atoms with Crippen molar-refractivity contribution in [3.05, 3.63) is 66.0 Å². The van der Waals surface area contributed by atoms with Crippen molar-refractivity contribution in [1.29, 1.82) is 0 Å². The highest BCUT2D eigenvalue weighted by atomic mass is 127. The van der Waals surface area contributed by atoms with Gasteiger partial charge >= 0.3 is 0 Å². The number of hydrogen-bond donors (Lipinski definition) is 2. The summed E-state index contributed by atoms with van der Waals surface area (Å²) in [5, 5.41) is 3.22. The lowest BCUT2D eigenvalue weighted by atomic mass is 9.80. The number of aromatic nitrogens is 1. The average Bonchev–Trinajstić information content (AvgIpc) is 3.11. The second kappa shape index (κ2) is 10.5. The average molecular weight is 464 g/mol. The molecule has 0 amide bonds. The number of nitrogens with one attached hydrogen (secondary N) is 1. The minimum atomic E-state index is 0. The van der Waals surface area contributed by atoms with Gasteiger partial charge in [0.05, 0.1) is 0 Å². The van der Waals surface area contributed by atoms with Crippen molar-refractivity contribution < 1.29 is 0 Å². The molecule has 2 aromatic rings. The van der Waals surface area contributed by atoms with Gasteiger partial charge in [-0.2, -0.15) is 0 Å². The predicted molar refractivity (Wildman–Crippen MR) is 119 cm³/mol. The van der Waals surface area contributed by atoms with Gasteiger partial charge in [-0.1, -0.05) is 49.2 Å². The van der Waals surface area contributed by atoms with Crippen molar-refractivity contribution in [2.45, 2.75) is 38.5 Å². The Balaban J connectivity index is 0.00000243. The van der Waals surface area contributed by atoms with E-state index in [2.05, 4.69) is 45.6 Å². The summed E-state index contributed by atoms with van der Waals surface area (Å²) < 4.78 is 0. The molecule has 140 valence electrons. The van der Waals surface area contributed by atoms with Gasteiger partial charge in [0.1, 0.15) is 0 Å². The lowest BCUT2D eigenvalue weighted by molar-refractivity contribution is 0.307. The van der Waals surface area contributed by atoms with Gasteiger partial charge in [-0.15, -0.1) is 24.0 Å². The van der Waals surface area contributed by atoms with E-state index < -0.39 is 0 Å². The van der Waals surface area contributed by atoms with Crippen LogP contribution in [-0.2, 0) is 12.8 Å². The first-order valence-corrected chi connectivity index (χ1v) is 9.23. The normalized spacial score (nSPS) is 16.1. The molecule has 1 aliphatic carbocycles. The van der Waals surface area contributed by atoms with E-state index in [0.717, 1.165) is 31.6 Å². The summed E-state index contributed by atoms with van der Waals surface area (Å²) in [5.41, 5.74) is 8.83. The third-order valence-corrected chi connectivity index (χ3v) is 5.08. The molecule has 5 heteroatoms. The van der Waals surface area contributed by atoms with Gasteiger partial charge in [0.2, 0.25) is 0 Å². The van der Waals surface area contributed by atoms with Crippen LogP contribution in [-0.4, -0.2) is 24.0 Å². The second-order valence-electron chi connectivity index (χ2n) is 7.07. The first-order valence-electron chi connectivity index (χ1n) is 9.23. The molecule has 1 aromatic heterocycles. The molecule has 0 saturated heterocycles. The van der Waals surface area contributed by atoms with E-state index in [1.807, 2.05) is 24.4 Å². The zero-order valence-electron chi connectivity index (χ0n) is 15.2. The maximum absolute atomic E-state index is 6.09. The Labute approximate surface area is 173 Å². The largest absolute Gasteiger partial charge is 0.370 e. The van der Waals surface area contributed by atoms with Crippen molar-refractivity contribution in [3.8, 4) is 0 Å². The van der Waals surface area contributed by atoms with E-state index in [9.17, 15) is 0 Å². The monoisotopic (exact) mass is 464 g/mol. The molecule has 0 bridgehead atoms. The molecular weight excluding hydrogens is 435 g/mol. The van der Waals surface area contributed by atoms with E-state index >= 15 is 0 Å². The Morgan fingerprint density at radius 1 is 1.08 bits per heavy atom. The Kier molecular flexibility index (Phi) is 8.35. The van der Waals surface area contributed by atoms with E-state index in [1.165, 1.54) is 31.2 Å². The Hall–Kier alpha value is -1.63. The Morgan fingerprint density at radius 3 is 2.50 bits per heavy atom. The lowest BCUT2D eigenvalue weighted by Crippen LogP contribution is -2.35. The van der Waals surface area contributed by atoms with Crippen LogP contribution >= 0.6 is 24.0 Å². The first kappa shape index (κ1) is 20.7. The molecule has 1 heterocycles. The summed E-state index contributed by atoms with van der Waals surface area (Å²) in [7, 11) is 0. The molecule has 3 rings (SSSR count). The molecule has 0 atom stereocenters. The number of nitrogens with zero attached hydrogens (tertiary/aromatic N) is 2. The van der Waals surface area contributed by atoms with Crippen LogP contribution in [0.25, 0.3) is 0 Å². The molecule has 1 aliphatic rings. The molecule has 0 spiro atoms. The lowest BCUT2D eigenvalue weighted by Gasteiger charge is -2.27. The standard InChI is InChI=1S/C21H28N4.HI/c22-20(24-15-11-19-10-4-7-14-23-19)25-17-21(12-5-6-13-21)16-18-8-2-1-3-9-18;/h1-4,7-10,14H,5-6,11-13,15-17H2,(H3,22,24,25);1H. The zero-order chi connectivity index (χ0) is 17.4. The fraction of sp³-hybridized carbons (Fsp3) is 0.429. The van der Waals surface area contributed by atoms with Crippen LogP contribution in [0, 0.1) is 5.41 Å². The van der Waals surface area contributed by atoms with E-state index in [0.29, 0.717) is 5.96 Å². The molecule has 1 saturated carbocycles. The highest BCUT2D eigenvalue weighted by Gasteiger charge is 2.33. The summed E-state index contributed by atoms with van der Waals surface area (Å²) in [5.74, 6) is 0.551. The topological polar surface area (TPSA) is 63.3 Å². The summed E-state index contributed by atoms with van der Waals surface area (Å²) in [6, 6.07) is 16.7. The van der Waals surface area contributed by atoms with Crippen molar-refractivity contribution in [2.75, 3.05) is 13.1 Å². The van der Waals surface area contributed by atoms with Crippen molar-refractivity contribution in [3.63, 3.8) is 0 Å². The molecule has 1 fully saturated rings. The highest BCUT2D eigenvalue weighted by Crippen LogP contribution is 2.41. The number of nitrogens with two attached hydrogens (primary N) is 1. The van der Waals surface area contributed by atoms with Crippen LogP contribution in [0.4, 0.5) is 0 Å². The molecular formula is C21H29IN4. The van der Waals surface area contributed by atoms with Crippen LogP contribution in [0.3, 0.4) is 0 Å². The van der Waals surface area contributed by atoms with Gasteiger partial charge in [-0.25, -0.2) is 0 Å². The SMILES string of the molecule is I.NC(=NCC1(Cc2ccccc2)CCCC1)NCCc1ccccn1. The molecule has 3 N–H and O–H groups in total. The van der Waals surface area contributed by atoms with Gasteiger partial charge in [0.25, 0.3) is 0 Å². The second-order valence-corrected chi connectivity index (χ2v) is 7.07. The van der Waals surface area contributed by atoms with Crippen LogP contribution in [0.15, 0.2) is 59.7 Å². The first-order chi connectivity index (χ1) is 12.3. The van der Waals surface area contributed by atoms with Gasteiger partial charge < -0.3 is 11.1 Å². The van der Waals surface area contributed by atoms with Crippen LogP contribution in [0.5, 0.6) is 0 Å². The van der Waals surface area contributed by atoms with E-state index in [4.69, 9.17) is 5.73 Å². The Morgan fingerprint density at radius 2 is 1.81 bits per heavy atom. The van der Waals surface area contributed by atoms with Crippen LogP contribution in [0.2, 0.25) is 0 Å². The van der Waals surface area contributed by atoms with Crippen LogP contribution < -0.4 is 11.1 Å². The molecule has 26 heavy (non-hydrogen) atoms. The highest BCUT2D eigenvalue weighted by molar-refractivity contribution is 14.0. The number of pyridine rings is 1. The fourth-order valence-corrected chi connectivity index (χ4v) is 3.72. The van der Waals surface area contributed by atoms with Gasteiger partial charge in [-0.3, -0.25) is 9.98 Å². The predicted octanol–water partition coefficient (Wildman–Crippen LogP) is 3.95. The van der Waals surface area contributed by atoms with Crippen LogP contribution in [0.1, 0.15) is 36.9 Å².